The molecule has 2 N–H and O–H groups in total. The van der Waals surface area contributed by atoms with Crippen LogP contribution >= 0.6 is 0 Å². The van der Waals surface area contributed by atoms with E-state index in [9.17, 15) is 23.1 Å². The molecule has 7 nitrogen and oxygen atoms in total. The van der Waals surface area contributed by atoms with Crippen molar-refractivity contribution in [3.8, 4) is 16.9 Å². The van der Waals surface area contributed by atoms with Crippen molar-refractivity contribution in [1.29, 1.82) is 0 Å². The number of fused-ring (bicyclic) bond motifs is 3. The number of carboxylic acid groups (broad SMARTS) is 1. The van der Waals surface area contributed by atoms with Crippen LogP contribution in [-0.2, 0) is 11.3 Å². The fourth-order valence-corrected chi connectivity index (χ4v) is 6.69. The molecule has 4 aromatic rings. The number of H-pyrrole nitrogens is 1. The zero-order chi connectivity index (χ0) is 28.3. The van der Waals surface area contributed by atoms with Crippen LogP contribution in [0.1, 0.15) is 66.3 Å². The van der Waals surface area contributed by atoms with Crippen molar-refractivity contribution in [2.24, 2.45) is 0 Å². The summed E-state index contributed by atoms with van der Waals surface area (Å²) in [5, 5.41) is 10.0. The molecule has 3 fully saturated rings. The number of aromatic carboxylic acids is 1. The van der Waals surface area contributed by atoms with Crippen LogP contribution < -0.4 is 9.64 Å². The number of nitrogens with one attached hydrogen (secondary N) is 1. The van der Waals surface area contributed by atoms with Crippen LogP contribution in [0.5, 0.6) is 5.75 Å². The summed E-state index contributed by atoms with van der Waals surface area (Å²) in [4.78, 5) is 17.1. The van der Waals surface area contributed by atoms with Gasteiger partial charge in [0.1, 0.15) is 11.3 Å². The summed E-state index contributed by atoms with van der Waals surface area (Å²) in [7, 11) is 0. The number of hydrogen-bond acceptors (Lipinski definition) is 5. The maximum atomic E-state index is 13.1. The molecule has 41 heavy (non-hydrogen) atoms. The zero-order valence-electron chi connectivity index (χ0n) is 22.1. The number of benzene rings is 2. The molecule has 4 heterocycles. The van der Waals surface area contributed by atoms with Crippen LogP contribution in [-0.4, -0.2) is 40.6 Å². The summed E-state index contributed by atoms with van der Waals surface area (Å²) < 4.78 is 55.7. The molecule has 0 radical (unpaired) electrons. The Bertz CT molecular complexity index is 1590. The number of carbonyl (C=O) groups is 1. The van der Waals surface area contributed by atoms with E-state index in [0.29, 0.717) is 29.2 Å². The highest BCUT2D eigenvalue weighted by Crippen LogP contribution is 2.46. The Morgan fingerprint density at radius 2 is 1.78 bits per heavy atom. The van der Waals surface area contributed by atoms with Crippen LogP contribution in [0.2, 0.25) is 0 Å². The van der Waals surface area contributed by atoms with Gasteiger partial charge in [-0.2, -0.15) is 0 Å². The van der Waals surface area contributed by atoms with Crippen LogP contribution in [0.15, 0.2) is 59.1 Å². The molecular formula is C31H29F3N2O5. The van der Waals surface area contributed by atoms with Gasteiger partial charge in [0.25, 0.3) is 0 Å². The monoisotopic (exact) mass is 566 g/mol. The van der Waals surface area contributed by atoms with Gasteiger partial charge in [0.15, 0.2) is 0 Å². The highest BCUT2D eigenvalue weighted by Gasteiger charge is 2.42. The average Bonchev–Trinajstić information content (AvgIpc) is 3.44. The van der Waals surface area contributed by atoms with E-state index in [2.05, 4.69) is 14.6 Å². The smallest absolute Gasteiger partial charge is 0.475 e. The van der Waals surface area contributed by atoms with Crippen LogP contribution in [0, 0.1) is 0 Å². The number of piperidine rings is 1. The number of carboxylic acids is 1. The second-order valence-corrected chi connectivity index (χ2v) is 11.2. The van der Waals surface area contributed by atoms with Gasteiger partial charge in [-0.1, -0.05) is 18.2 Å². The van der Waals surface area contributed by atoms with E-state index in [1.165, 1.54) is 12.1 Å². The number of anilines is 1. The summed E-state index contributed by atoms with van der Waals surface area (Å²) in [5.74, 6) is -1.02. The van der Waals surface area contributed by atoms with Gasteiger partial charge in [-0.15, -0.1) is 13.2 Å². The fourth-order valence-electron chi connectivity index (χ4n) is 6.69. The van der Waals surface area contributed by atoms with Gasteiger partial charge in [-0.05, 0) is 74.8 Å². The molecule has 2 aromatic heterocycles. The third-order valence-corrected chi connectivity index (χ3v) is 8.57. The molecule has 10 heteroatoms. The minimum Gasteiger partial charge on any atom is -0.475 e. The number of ether oxygens (including phenoxy) is 2. The predicted molar refractivity (Wildman–Crippen MR) is 145 cm³/mol. The standard InChI is InChI=1S/C31H29F3N2O5/c32-31(33,34)41-27-4-2-1-3-23(27)24-15-35-29(17-5-6-17)25(24)16-39-22-13-20-7-8-21(14-22)36(20)19-9-10-26-18(11-19)12-28(40-26)30(37)38/h1-4,9-12,15,17,20-22,35H,5-8,13-14,16H2,(H,37,38). The maximum absolute atomic E-state index is 13.1. The molecule has 3 aliphatic rings. The maximum Gasteiger partial charge on any atom is 0.573 e. The van der Waals surface area contributed by atoms with Gasteiger partial charge in [0.2, 0.25) is 5.76 Å². The topological polar surface area (TPSA) is 87.9 Å². The number of aromatic amines is 1. The SMILES string of the molecule is O=C(O)c1cc2cc(N3C4CCC3CC(OCc3c(-c5ccccc5OC(F)(F)F)c[nH]c3C3CC3)C4)ccc2o1. The Labute approximate surface area is 233 Å². The molecule has 2 aromatic carbocycles. The Balaban J connectivity index is 1.09. The summed E-state index contributed by atoms with van der Waals surface area (Å²) >= 11 is 0. The van der Waals surface area contributed by atoms with Gasteiger partial charge in [0.05, 0.1) is 12.7 Å². The number of halogens is 3. The molecule has 0 amide bonds. The molecule has 2 saturated heterocycles. The lowest BCUT2D eigenvalue weighted by molar-refractivity contribution is -0.274. The minimum atomic E-state index is -4.78. The summed E-state index contributed by atoms with van der Waals surface area (Å²) in [6.45, 7) is 0.314. The van der Waals surface area contributed by atoms with Gasteiger partial charge in [-0.25, -0.2) is 4.79 Å². The highest BCUT2D eigenvalue weighted by atomic mass is 19.4. The van der Waals surface area contributed by atoms with Crippen molar-refractivity contribution in [3.05, 3.63) is 71.7 Å². The first-order chi connectivity index (χ1) is 19.7. The molecule has 0 spiro atoms. The number of rotatable bonds is 8. The van der Waals surface area contributed by atoms with E-state index >= 15 is 0 Å². The largest absolute Gasteiger partial charge is 0.573 e. The Morgan fingerprint density at radius 3 is 2.49 bits per heavy atom. The van der Waals surface area contributed by atoms with E-state index in [0.717, 1.165) is 60.9 Å². The number of para-hydroxylation sites is 1. The summed E-state index contributed by atoms with van der Waals surface area (Å²) in [6.07, 6.45) is 2.87. The number of hydrogen-bond donors (Lipinski definition) is 2. The van der Waals surface area contributed by atoms with E-state index in [1.807, 2.05) is 18.2 Å². The Hall–Kier alpha value is -3.92. The molecule has 2 atom stereocenters. The van der Waals surface area contributed by atoms with Crippen molar-refractivity contribution < 1.29 is 37.0 Å². The molecule has 214 valence electrons. The second-order valence-electron chi connectivity index (χ2n) is 11.2. The number of alkyl halides is 3. The predicted octanol–water partition coefficient (Wildman–Crippen LogP) is 7.62. The first kappa shape index (κ1) is 26.0. The molecule has 2 bridgehead atoms. The summed E-state index contributed by atoms with van der Waals surface area (Å²) in [5.41, 5.74) is 4.61. The normalized spacial score (nSPS) is 22.4. The number of aromatic nitrogens is 1. The van der Waals surface area contributed by atoms with Crippen molar-refractivity contribution in [1.82, 2.24) is 4.98 Å². The van der Waals surface area contributed by atoms with E-state index in [1.54, 1.807) is 24.4 Å². The molecule has 1 saturated carbocycles. The number of furan rings is 1. The first-order valence-electron chi connectivity index (χ1n) is 14.0. The van der Waals surface area contributed by atoms with Crippen LogP contribution in [0.25, 0.3) is 22.1 Å². The first-order valence-corrected chi connectivity index (χ1v) is 14.0. The van der Waals surface area contributed by atoms with Crippen molar-refractivity contribution in [2.45, 2.75) is 75.6 Å². The second kappa shape index (κ2) is 9.87. The Kier molecular flexibility index (Phi) is 6.26. The zero-order valence-corrected chi connectivity index (χ0v) is 22.1. The Morgan fingerprint density at radius 1 is 1.02 bits per heavy atom. The van der Waals surface area contributed by atoms with Gasteiger partial charge in [-0.3, -0.25) is 0 Å². The minimum absolute atomic E-state index is 0.0245. The highest BCUT2D eigenvalue weighted by molar-refractivity contribution is 5.92. The van der Waals surface area contributed by atoms with Crippen molar-refractivity contribution >= 4 is 22.6 Å². The van der Waals surface area contributed by atoms with Gasteiger partial charge in [0, 0.05) is 51.7 Å². The summed E-state index contributed by atoms with van der Waals surface area (Å²) in [6, 6.07) is 14.2. The molecular weight excluding hydrogens is 537 g/mol. The van der Waals surface area contributed by atoms with E-state index < -0.39 is 12.3 Å². The lowest BCUT2D eigenvalue weighted by Gasteiger charge is -2.40. The quantitative estimate of drug-likeness (QED) is 0.228. The third-order valence-electron chi connectivity index (χ3n) is 8.57. The third kappa shape index (κ3) is 5.05. The fraction of sp³-hybridized carbons (Fsp3) is 0.387. The van der Waals surface area contributed by atoms with E-state index in [-0.39, 0.29) is 29.7 Å². The van der Waals surface area contributed by atoms with Crippen LogP contribution in [0.4, 0.5) is 18.9 Å². The van der Waals surface area contributed by atoms with Crippen molar-refractivity contribution in [2.75, 3.05) is 4.90 Å². The molecule has 7 rings (SSSR count). The van der Waals surface area contributed by atoms with Gasteiger partial charge >= 0.3 is 12.3 Å². The lowest BCUT2D eigenvalue weighted by Crippen LogP contribution is -2.45. The van der Waals surface area contributed by atoms with Gasteiger partial charge < -0.3 is 28.9 Å². The molecule has 2 aliphatic heterocycles. The van der Waals surface area contributed by atoms with Crippen molar-refractivity contribution in [3.63, 3.8) is 0 Å². The van der Waals surface area contributed by atoms with Crippen LogP contribution in [0.3, 0.4) is 0 Å². The molecule has 1 aliphatic carbocycles. The number of nitrogens with zero attached hydrogens (tertiary/aromatic N) is 1. The average molecular weight is 567 g/mol. The molecule has 2 unspecified atom stereocenters. The lowest BCUT2D eigenvalue weighted by atomic mass is 9.97. The van der Waals surface area contributed by atoms with E-state index in [4.69, 9.17) is 9.15 Å².